The average Bonchev–Trinajstić information content (AvgIpc) is 3.19. The zero-order valence-electron chi connectivity index (χ0n) is 21.5. The third-order valence-corrected chi connectivity index (χ3v) is 5.93. The molecule has 0 aliphatic rings. The Morgan fingerprint density at radius 3 is 2.24 bits per heavy atom. The summed E-state index contributed by atoms with van der Waals surface area (Å²) in [5, 5.41) is 0.673. The maximum Gasteiger partial charge on any atom is 0.347 e. The standard InChI is InChI=1S/C30H31NO6/c1-5-34-24-14-12-23(13-15-24)31-20(3)28(30(33)35-6-2)26-18-25(16-17-27(26)31)37-21(4)29(32)36-19-22-10-8-7-9-11-22/h7-18,21H,5-6,19H2,1-4H3. The van der Waals surface area contributed by atoms with Gasteiger partial charge in [0.1, 0.15) is 18.1 Å². The monoisotopic (exact) mass is 501 g/mol. The Hall–Kier alpha value is -4.26. The Balaban J connectivity index is 1.63. The number of hydrogen-bond acceptors (Lipinski definition) is 6. The first-order chi connectivity index (χ1) is 17.9. The lowest BCUT2D eigenvalue weighted by molar-refractivity contribution is -0.152. The van der Waals surface area contributed by atoms with Crippen molar-refractivity contribution in [2.75, 3.05) is 13.2 Å². The van der Waals surface area contributed by atoms with E-state index in [9.17, 15) is 9.59 Å². The molecular formula is C30H31NO6. The first-order valence-electron chi connectivity index (χ1n) is 12.4. The van der Waals surface area contributed by atoms with Gasteiger partial charge in [-0.05, 0) is 75.7 Å². The molecule has 0 aliphatic carbocycles. The molecule has 0 radical (unpaired) electrons. The van der Waals surface area contributed by atoms with Crippen molar-refractivity contribution in [2.45, 2.75) is 40.4 Å². The number of aromatic nitrogens is 1. The van der Waals surface area contributed by atoms with E-state index in [1.807, 2.05) is 79.1 Å². The van der Waals surface area contributed by atoms with Crippen LogP contribution < -0.4 is 9.47 Å². The highest BCUT2D eigenvalue weighted by molar-refractivity contribution is 6.07. The topological polar surface area (TPSA) is 76.0 Å². The molecule has 1 heterocycles. The van der Waals surface area contributed by atoms with E-state index in [2.05, 4.69) is 0 Å². The van der Waals surface area contributed by atoms with E-state index in [1.54, 1.807) is 26.0 Å². The van der Waals surface area contributed by atoms with E-state index in [-0.39, 0.29) is 13.2 Å². The molecule has 0 bridgehead atoms. The normalized spacial score (nSPS) is 11.7. The van der Waals surface area contributed by atoms with Gasteiger partial charge in [0.2, 0.25) is 0 Å². The fourth-order valence-corrected chi connectivity index (χ4v) is 4.22. The molecule has 7 heteroatoms. The van der Waals surface area contributed by atoms with E-state index < -0.39 is 18.0 Å². The number of benzene rings is 3. The van der Waals surface area contributed by atoms with E-state index in [0.29, 0.717) is 23.3 Å². The molecule has 0 saturated heterocycles. The van der Waals surface area contributed by atoms with Crippen molar-refractivity contribution in [1.82, 2.24) is 4.57 Å². The van der Waals surface area contributed by atoms with Crippen LogP contribution in [0.25, 0.3) is 16.6 Å². The van der Waals surface area contributed by atoms with Gasteiger partial charge in [-0.3, -0.25) is 0 Å². The fourth-order valence-electron chi connectivity index (χ4n) is 4.22. The summed E-state index contributed by atoms with van der Waals surface area (Å²) in [6.45, 7) is 8.24. The highest BCUT2D eigenvalue weighted by atomic mass is 16.6. The number of esters is 2. The van der Waals surface area contributed by atoms with Gasteiger partial charge in [0, 0.05) is 16.8 Å². The number of ether oxygens (including phenoxy) is 4. The molecule has 1 unspecified atom stereocenters. The highest BCUT2D eigenvalue weighted by Crippen LogP contribution is 2.33. The largest absolute Gasteiger partial charge is 0.494 e. The molecule has 4 rings (SSSR count). The van der Waals surface area contributed by atoms with Crippen molar-refractivity contribution >= 4 is 22.8 Å². The number of carbonyl (C=O) groups excluding carboxylic acids is 2. The predicted molar refractivity (Wildman–Crippen MR) is 141 cm³/mol. The van der Waals surface area contributed by atoms with Gasteiger partial charge in [0.05, 0.1) is 24.3 Å². The number of fused-ring (bicyclic) bond motifs is 1. The molecule has 4 aromatic rings. The second-order valence-electron chi connectivity index (χ2n) is 8.48. The van der Waals surface area contributed by atoms with Crippen LogP contribution in [0.15, 0.2) is 72.8 Å². The average molecular weight is 502 g/mol. The summed E-state index contributed by atoms with van der Waals surface area (Å²) in [4.78, 5) is 25.5. The van der Waals surface area contributed by atoms with Crippen molar-refractivity contribution in [1.29, 1.82) is 0 Å². The first kappa shape index (κ1) is 25.8. The number of rotatable bonds is 10. The second-order valence-corrected chi connectivity index (χ2v) is 8.48. The molecule has 192 valence electrons. The SMILES string of the molecule is CCOC(=O)c1c(C)n(-c2ccc(OCC)cc2)c2ccc(OC(C)C(=O)OCc3ccccc3)cc12. The molecule has 0 aliphatic heterocycles. The Morgan fingerprint density at radius 1 is 0.865 bits per heavy atom. The molecule has 7 nitrogen and oxygen atoms in total. The molecule has 3 aromatic carbocycles. The minimum atomic E-state index is -0.832. The molecular weight excluding hydrogens is 470 g/mol. The third-order valence-electron chi connectivity index (χ3n) is 5.93. The van der Waals surface area contributed by atoms with Gasteiger partial charge in [-0.1, -0.05) is 30.3 Å². The van der Waals surface area contributed by atoms with Crippen molar-refractivity contribution in [3.05, 3.63) is 89.6 Å². The lowest BCUT2D eigenvalue weighted by Crippen LogP contribution is -2.26. The molecule has 0 N–H and O–H groups in total. The van der Waals surface area contributed by atoms with E-state index >= 15 is 0 Å². The van der Waals surface area contributed by atoms with Crippen molar-refractivity contribution in [3.63, 3.8) is 0 Å². The summed E-state index contributed by atoms with van der Waals surface area (Å²) in [7, 11) is 0. The van der Waals surface area contributed by atoms with E-state index in [4.69, 9.17) is 18.9 Å². The zero-order valence-corrected chi connectivity index (χ0v) is 21.5. The van der Waals surface area contributed by atoms with Gasteiger partial charge in [0.15, 0.2) is 6.10 Å². The second kappa shape index (κ2) is 11.6. The molecule has 1 aromatic heterocycles. The summed E-state index contributed by atoms with van der Waals surface area (Å²) >= 11 is 0. The third kappa shape index (κ3) is 5.77. The number of carbonyl (C=O) groups is 2. The van der Waals surface area contributed by atoms with Crippen LogP contribution in [0, 0.1) is 6.92 Å². The molecule has 1 atom stereocenters. The summed E-state index contributed by atoms with van der Waals surface area (Å²) < 4.78 is 24.2. The maximum absolute atomic E-state index is 13.0. The lowest BCUT2D eigenvalue weighted by atomic mass is 10.1. The van der Waals surface area contributed by atoms with Crippen LogP contribution in [0.4, 0.5) is 0 Å². The Labute approximate surface area is 216 Å². The number of nitrogens with zero attached hydrogens (tertiary/aromatic N) is 1. The first-order valence-corrected chi connectivity index (χ1v) is 12.4. The van der Waals surface area contributed by atoms with Gasteiger partial charge in [-0.2, -0.15) is 0 Å². The van der Waals surface area contributed by atoms with E-state index in [1.165, 1.54) is 0 Å². The van der Waals surface area contributed by atoms with Crippen molar-refractivity contribution < 1.29 is 28.5 Å². The molecule has 37 heavy (non-hydrogen) atoms. The molecule has 0 fully saturated rings. The summed E-state index contributed by atoms with van der Waals surface area (Å²) in [6.07, 6.45) is -0.832. The van der Waals surface area contributed by atoms with Crippen LogP contribution >= 0.6 is 0 Å². The van der Waals surface area contributed by atoms with Crippen LogP contribution in [0.3, 0.4) is 0 Å². The van der Waals surface area contributed by atoms with Gasteiger partial charge in [-0.15, -0.1) is 0 Å². The lowest BCUT2D eigenvalue weighted by Gasteiger charge is -2.14. The molecule has 0 saturated carbocycles. The predicted octanol–water partition coefficient (Wildman–Crippen LogP) is 6.03. The molecule has 0 amide bonds. The fraction of sp³-hybridized carbons (Fsp3) is 0.267. The van der Waals surface area contributed by atoms with Crippen molar-refractivity contribution in [2.24, 2.45) is 0 Å². The van der Waals surface area contributed by atoms with Crippen LogP contribution in [0.2, 0.25) is 0 Å². The summed E-state index contributed by atoms with van der Waals surface area (Å²) in [5.74, 6) is 0.334. The summed E-state index contributed by atoms with van der Waals surface area (Å²) in [6, 6.07) is 22.6. The van der Waals surface area contributed by atoms with E-state index in [0.717, 1.165) is 28.2 Å². The van der Waals surface area contributed by atoms with Gasteiger partial charge in [0.25, 0.3) is 0 Å². The van der Waals surface area contributed by atoms with Gasteiger partial charge < -0.3 is 23.5 Å². The maximum atomic E-state index is 13.0. The Bertz CT molecular complexity index is 1370. The van der Waals surface area contributed by atoms with Crippen LogP contribution in [-0.4, -0.2) is 35.8 Å². The van der Waals surface area contributed by atoms with Crippen molar-refractivity contribution in [3.8, 4) is 17.2 Å². The quantitative estimate of drug-likeness (QED) is 0.247. The Morgan fingerprint density at radius 2 is 1.57 bits per heavy atom. The van der Waals surface area contributed by atoms with Crippen LogP contribution in [0.1, 0.15) is 42.4 Å². The van der Waals surface area contributed by atoms with Crippen LogP contribution in [-0.2, 0) is 20.9 Å². The van der Waals surface area contributed by atoms with Gasteiger partial charge in [-0.25, -0.2) is 9.59 Å². The molecule has 0 spiro atoms. The smallest absolute Gasteiger partial charge is 0.347 e. The summed E-state index contributed by atoms with van der Waals surface area (Å²) in [5.41, 5.74) is 3.79. The van der Waals surface area contributed by atoms with Gasteiger partial charge >= 0.3 is 11.9 Å². The van der Waals surface area contributed by atoms with Crippen LogP contribution in [0.5, 0.6) is 11.5 Å². The highest BCUT2D eigenvalue weighted by Gasteiger charge is 2.24. The number of hydrogen-bond donors (Lipinski definition) is 0. The minimum Gasteiger partial charge on any atom is -0.494 e. The zero-order chi connectivity index (χ0) is 26.4. The minimum absolute atomic E-state index is 0.170. The Kier molecular flexibility index (Phi) is 8.13.